The molecule has 1 saturated heterocycles. The molecule has 1 unspecified atom stereocenters. The van der Waals surface area contributed by atoms with Crippen LogP contribution in [-0.2, 0) is 74.6 Å². The molecule has 0 radical (unpaired) electrons. The zero-order chi connectivity index (χ0) is 52.1. The number of carbonyl (C=O) groups excluding carboxylic acids is 1. The Hall–Kier alpha value is -2.77. The van der Waals surface area contributed by atoms with Gasteiger partial charge in [-0.2, -0.15) is 0 Å². The van der Waals surface area contributed by atoms with Gasteiger partial charge in [0, 0.05) is 47.4 Å². The predicted octanol–water partition coefficient (Wildman–Crippen LogP) is 6.20. The highest BCUT2D eigenvalue weighted by Crippen LogP contribution is 2.39. The zero-order valence-corrected chi connectivity index (χ0v) is 46.1. The van der Waals surface area contributed by atoms with Crippen molar-refractivity contribution in [3.05, 3.63) is 62.3 Å². The minimum absolute atomic E-state index is 0.0765. The van der Waals surface area contributed by atoms with Crippen LogP contribution in [0.3, 0.4) is 0 Å². The van der Waals surface area contributed by atoms with Crippen LogP contribution in [0.25, 0.3) is 0 Å². The Morgan fingerprint density at radius 1 is 0.689 bits per heavy atom. The maximum absolute atomic E-state index is 11.5. The van der Waals surface area contributed by atoms with Gasteiger partial charge in [0.2, 0.25) is 5.91 Å². The highest BCUT2D eigenvalue weighted by atomic mass is 35.5. The summed E-state index contributed by atoms with van der Waals surface area (Å²) in [5.74, 6) is 0.626. The molecule has 3 heterocycles. The van der Waals surface area contributed by atoms with E-state index in [4.69, 9.17) is 73.4 Å². The van der Waals surface area contributed by atoms with Crippen molar-refractivity contribution in [2.24, 2.45) is 0 Å². The van der Waals surface area contributed by atoms with Crippen molar-refractivity contribution in [1.29, 1.82) is 0 Å². The van der Waals surface area contributed by atoms with E-state index in [1.807, 2.05) is 34.3 Å². The van der Waals surface area contributed by atoms with Gasteiger partial charge in [0.25, 0.3) is 0 Å². The lowest BCUT2D eigenvalue weighted by atomic mass is 9.84. The second kappa shape index (κ2) is 39.6. The maximum atomic E-state index is 11.5. The summed E-state index contributed by atoms with van der Waals surface area (Å²) in [6.45, 7) is 19.7. The van der Waals surface area contributed by atoms with Gasteiger partial charge in [-0.05, 0) is 70.1 Å². The number of nitrogens with zero attached hydrogens (tertiary/aromatic N) is 5. The van der Waals surface area contributed by atoms with Crippen molar-refractivity contribution in [2.45, 2.75) is 103 Å². The van der Waals surface area contributed by atoms with E-state index >= 15 is 0 Å². The monoisotopic (exact) mass is 1080 g/mol. The van der Waals surface area contributed by atoms with Crippen molar-refractivity contribution in [3.63, 3.8) is 0 Å². The summed E-state index contributed by atoms with van der Waals surface area (Å²) in [6.07, 6.45) is 9.90. The van der Waals surface area contributed by atoms with E-state index in [1.54, 1.807) is 0 Å². The van der Waals surface area contributed by atoms with Crippen LogP contribution in [-0.4, -0.2) is 208 Å². The number of halogens is 1. The molecule has 1 aliphatic carbocycles. The molecular formula is C53H87ClN6O13S. The van der Waals surface area contributed by atoms with Crippen LogP contribution in [0.2, 0.25) is 5.02 Å². The standard InChI is InChI=1S/C53H87ClN6O13S/c1-4-5-6-52(61)55-15-17-62-19-21-64-23-25-66-27-29-68-31-33-70-35-37-72-38-36-71-34-32-69-30-28-67-26-24-65-22-20-63-18-16-59-40-50(57-58-59)51-41-60(49(42-73-51)39-45-7-11-47(54)12-8-45)48-13-9-46(10-14-48)53-56-43(2)44(3)74-53/h7-8,11-12,40,46,48-49,51H,4-6,9-10,13-39,41-42H2,1-3H3,(H,55,61)/t46?,48?,49?,51-/m1/s1. The summed E-state index contributed by atoms with van der Waals surface area (Å²) in [7, 11) is 0. The number of morpholine rings is 1. The third-order valence-corrected chi connectivity index (χ3v) is 14.2. The largest absolute Gasteiger partial charge is 0.377 e. The molecule has 3 aromatic rings. The number of unbranched alkanes of at least 4 members (excludes halogenated alkanes) is 1. The lowest BCUT2D eigenvalue weighted by molar-refractivity contribution is -0.121. The van der Waals surface area contributed by atoms with Crippen molar-refractivity contribution in [1.82, 2.24) is 30.2 Å². The molecule has 74 heavy (non-hydrogen) atoms. The molecule has 2 aliphatic rings. The Kier molecular flexibility index (Phi) is 33.2. The van der Waals surface area contributed by atoms with Gasteiger partial charge in [0.15, 0.2) is 0 Å². The van der Waals surface area contributed by atoms with E-state index in [0.29, 0.717) is 183 Å². The van der Waals surface area contributed by atoms with E-state index in [9.17, 15) is 4.79 Å². The number of benzene rings is 1. The van der Waals surface area contributed by atoms with Gasteiger partial charge >= 0.3 is 0 Å². The number of hydrogen-bond donors (Lipinski definition) is 1. The first kappa shape index (κ1) is 62.1. The van der Waals surface area contributed by atoms with Crippen LogP contribution in [0.4, 0.5) is 0 Å². The smallest absolute Gasteiger partial charge is 0.220 e. The molecule has 1 N–H and O–H groups in total. The minimum Gasteiger partial charge on any atom is -0.377 e. The van der Waals surface area contributed by atoms with Crippen LogP contribution >= 0.6 is 22.9 Å². The number of aryl methyl sites for hydroxylation is 2. The SMILES string of the molecule is CCCCC(=O)NCCOCCOCCOCCOCCOCCOCCOCCOCCOCCOCCOCCn1cc([C@H]2CN(C3CCC(c4nc(C)c(C)s4)CC3)C(Cc3ccc(Cl)cc3)CO2)nn1. The molecule has 1 aliphatic heterocycles. The van der Waals surface area contributed by atoms with E-state index in [0.717, 1.165) is 62.2 Å². The molecule has 0 spiro atoms. The number of amides is 1. The maximum Gasteiger partial charge on any atom is 0.220 e. The van der Waals surface area contributed by atoms with Crippen LogP contribution in [0, 0.1) is 13.8 Å². The van der Waals surface area contributed by atoms with Gasteiger partial charge in [-0.1, -0.05) is 42.3 Å². The van der Waals surface area contributed by atoms with Crippen LogP contribution < -0.4 is 5.32 Å². The summed E-state index contributed by atoms with van der Waals surface area (Å²) >= 11 is 8.09. The lowest BCUT2D eigenvalue weighted by Crippen LogP contribution is -2.53. The predicted molar refractivity (Wildman–Crippen MR) is 282 cm³/mol. The quantitative estimate of drug-likeness (QED) is 0.0630. The number of ether oxygens (including phenoxy) is 12. The van der Waals surface area contributed by atoms with Crippen molar-refractivity contribution in [2.75, 3.05) is 165 Å². The van der Waals surface area contributed by atoms with Crippen LogP contribution in [0.15, 0.2) is 30.5 Å². The van der Waals surface area contributed by atoms with Gasteiger partial charge in [-0.3, -0.25) is 9.69 Å². The summed E-state index contributed by atoms with van der Waals surface area (Å²) in [4.78, 5) is 20.5. The third kappa shape index (κ3) is 26.5. The minimum atomic E-state index is -0.138. The Labute approximate surface area is 449 Å². The Bertz CT molecular complexity index is 1840. The molecule has 1 saturated carbocycles. The lowest BCUT2D eigenvalue weighted by Gasteiger charge is -2.46. The zero-order valence-electron chi connectivity index (χ0n) is 44.6. The average Bonchev–Trinajstić information content (AvgIpc) is 4.03. The van der Waals surface area contributed by atoms with Gasteiger partial charge < -0.3 is 62.2 Å². The molecule has 2 atom stereocenters. The van der Waals surface area contributed by atoms with Crippen molar-refractivity contribution < 1.29 is 61.6 Å². The molecule has 420 valence electrons. The number of hydrogen-bond acceptors (Lipinski definition) is 18. The van der Waals surface area contributed by atoms with Gasteiger partial charge in [0.05, 0.1) is 175 Å². The highest BCUT2D eigenvalue weighted by Gasteiger charge is 2.38. The number of aromatic nitrogens is 4. The molecule has 1 amide bonds. The third-order valence-electron chi connectivity index (χ3n) is 12.7. The molecule has 0 bridgehead atoms. The van der Waals surface area contributed by atoms with E-state index in [-0.39, 0.29) is 18.1 Å². The fraction of sp³-hybridized carbons (Fsp3) is 0.774. The fourth-order valence-electron chi connectivity index (χ4n) is 8.46. The molecule has 19 nitrogen and oxygen atoms in total. The fourth-order valence-corrected chi connectivity index (χ4v) is 9.67. The molecule has 21 heteroatoms. The first-order valence-corrected chi connectivity index (χ1v) is 28.2. The Balaban J connectivity index is 0.753. The highest BCUT2D eigenvalue weighted by molar-refractivity contribution is 7.11. The molecule has 1 aromatic carbocycles. The molecule has 2 aromatic heterocycles. The first-order valence-electron chi connectivity index (χ1n) is 27.0. The van der Waals surface area contributed by atoms with Crippen molar-refractivity contribution in [3.8, 4) is 0 Å². The second-order valence-electron chi connectivity index (χ2n) is 18.3. The Morgan fingerprint density at radius 2 is 1.18 bits per heavy atom. The number of carbonyl (C=O) groups is 1. The van der Waals surface area contributed by atoms with Crippen molar-refractivity contribution >= 4 is 28.8 Å². The molecular weight excluding hydrogens is 996 g/mol. The average molecular weight is 1080 g/mol. The topological polar surface area (TPSA) is 187 Å². The van der Waals surface area contributed by atoms with E-state index in [2.05, 4.69) is 53.4 Å². The van der Waals surface area contributed by atoms with Gasteiger partial charge in [-0.15, -0.1) is 16.4 Å². The Morgan fingerprint density at radius 3 is 1.65 bits per heavy atom. The van der Waals surface area contributed by atoms with Crippen LogP contribution in [0.5, 0.6) is 0 Å². The molecule has 2 fully saturated rings. The van der Waals surface area contributed by atoms with E-state index in [1.165, 1.54) is 21.1 Å². The second-order valence-corrected chi connectivity index (χ2v) is 20.0. The van der Waals surface area contributed by atoms with Gasteiger partial charge in [0.1, 0.15) is 11.8 Å². The normalized spacial score (nSPS) is 18.4. The van der Waals surface area contributed by atoms with E-state index < -0.39 is 0 Å². The summed E-state index contributed by atoms with van der Waals surface area (Å²) in [6, 6.07) is 8.98. The summed E-state index contributed by atoms with van der Waals surface area (Å²) < 4.78 is 69.6. The first-order chi connectivity index (χ1) is 36.4. The molecule has 5 rings (SSSR count). The summed E-state index contributed by atoms with van der Waals surface area (Å²) in [5, 5.41) is 13.8. The van der Waals surface area contributed by atoms with Crippen LogP contribution in [0.1, 0.15) is 90.7 Å². The number of rotatable bonds is 44. The number of thiazole rings is 1. The number of nitrogens with one attached hydrogen (secondary N) is 1. The summed E-state index contributed by atoms with van der Waals surface area (Å²) in [5.41, 5.74) is 3.30. The van der Waals surface area contributed by atoms with Gasteiger partial charge in [-0.25, -0.2) is 9.67 Å².